The van der Waals surface area contributed by atoms with Gasteiger partial charge in [-0.1, -0.05) is 31.2 Å². The molecular formula is C30H38Cl2N6O. The first-order chi connectivity index (χ1) is 18.2. The number of anilines is 1. The molecule has 1 N–H and O–H groups in total. The number of rotatable bonds is 9. The van der Waals surface area contributed by atoms with E-state index in [1.54, 1.807) is 6.20 Å². The van der Waals surface area contributed by atoms with Crippen LogP contribution < -0.4 is 10.2 Å². The van der Waals surface area contributed by atoms with E-state index in [-0.39, 0.29) is 30.7 Å². The molecule has 1 aromatic carbocycles. The largest absolute Gasteiger partial charge is 0.367 e. The van der Waals surface area contributed by atoms with Crippen molar-refractivity contribution < 1.29 is 4.79 Å². The van der Waals surface area contributed by atoms with E-state index >= 15 is 0 Å². The van der Waals surface area contributed by atoms with E-state index in [9.17, 15) is 4.79 Å². The van der Waals surface area contributed by atoms with Gasteiger partial charge in [-0.15, -0.1) is 24.8 Å². The first-order valence-electron chi connectivity index (χ1n) is 13.4. The second kappa shape index (κ2) is 14.3. The minimum absolute atomic E-state index is 0. The van der Waals surface area contributed by atoms with Crippen molar-refractivity contribution in [3.63, 3.8) is 0 Å². The van der Waals surface area contributed by atoms with Crippen molar-refractivity contribution in [3.05, 3.63) is 78.2 Å². The minimum atomic E-state index is -0.00203. The third-order valence-electron chi connectivity index (χ3n) is 7.25. The molecule has 0 radical (unpaired) electrons. The summed E-state index contributed by atoms with van der Waals surface area (Å²) in [5, 5.41) is 4.34. The number of pyridine rings is 2. The monoisotopic (exact) mass is 568 g/mol. The number of nitrogens with zero attached hydrogens (tertiary/aromatic N) is 5. The van der Waals surface area contributed by atoms with Crippen molar-refractivity contribution in [1.29, 1.82) is 0 Å². The van der Waals surface area contributed by atoms with Gasteiger partial charge in [-0.05, 0) is 56.6 Å². The van der Waals surface area contributed by atoms with Crippen molar-refractivity contribution in [3.8, 4) is 11.4 Å². The zero-order valence-electron chi connectivity index (χ0n) is 22.7. The molecule has 4 heterocycles. The van der Waals surface area contributed by atoms with Gasteiger partial charge in [-0.3, -0.25) is 19.7 Å². The van der Waals surface area contributed by atoms with E-state index in [1.165, 1.54) is 11.1 Å². The summed E-state index contributed by atoms with van der Waals surface area (Å²) < 4.78 is 2.21. The minimum Gasteiger partial charge on any atom is -0.367 e. The third-order valence-corrected chi connectivity index (χ3v) is 7.25. The molecule has 9 heteroatoms. The van der Waals surface area contributed by atoms with Crippen LogP contribution >= 0.6 is 24.8 Å². The molecule has 5 rings (SSSR count). The Morgan fingerprint density at radius 3 is 2.44 bits per heavy atom. The van der Waals surface area contributed by atoms with Crippen molar-refractivity contribution in [1.82, 2.24) is 24.8 Å². The van der Waals surface area contributed by atoms with Crippen LogP contribution in [-0.2, 0) is 6.54 Å². The normalized spacial score (nSPS) is 13.5. The number of aromatic nitrogens is 3. The Hall–Kier alpha value is -3.13. The average molecular weight is 570 g/mol. The number of nitrogens with one attached hydrogen (secondary N) is 1. The second-order valence-electron chi connectivity index (χ2n) is 9.69. The van der Waals surface area contributed by atoms with Gasteiger partial charge in [0.05, 0.1) is 28.2 Å². The third kappa shape index (κ3) is 6.90. The Kier molecular flexibility index (Phi) is 11.2. The number of carbonyl (C=O) groups is 1. The second-order valence-corrected chi connectivity index (χ2v) is 9.69. The van der Waals surface area contributed by atoms with Gasteiger partial charge >= 0.3 is 0 Å². The number of benzene rings is 1. The summed E-state index contributed by atoms with van der Waals surface area (Å²) in [6.45, 7) is 10.7. The number of amides is 1. The Bertz CT molecular complexity index is 1350. The lowest BCUT2D eigenvalue weighted by atomic mass is 10.1. The van der Waals surface area contributed by atoms with E-state index in [1.807, 2.05) is 43.5 Å². The molecule has 1 aliphatic heterocycles. The van der Waals surface area contributed by atoms with Crippen LogP contribution in [0.1, 0.15) is 35.8 Å². The van der Waals surface area contributed by atoms with Gasteiger partial charge in [0.15, 0.2) is 0 Å². The highest BCUT2D eigenvalue weighted by molar-refractivity contribution is 5.97. The fourth-order valence-electron chi connectivity index (χ4n) is 5.27. The highest BCUT2D eigenvalue weighted by Gasteiger charge is 2.20. The number of halogens is 2. The first kappa shape index (κ1) is 30.4. The molecule has 0 bridgehead atoms. The highest BCUT2D eigenvalue weighted by Crippen LogP contribution is 2.26. The number of piperazine rings is 1. The Morgan fingerprint density at radius 2 is 1.69 bits per heavy atom. The quantitative estimate of drug-likeness (QED) is 0.266. The summed E-state index contributed by atoms with van der Waals surface area (Å²) in [6, 6.07) is 18.4. The lowest BCUT2D eigenvalue weighted by Gasteiger charge is -2.36. The fraction of sp³-hybridized carbons (Fsp3) is 0.367. The predicted molar refractivity (Wildman–Crippen MR) is 165 cm³/mol. The molecule has 0 aliphatic carbocycles. The van der Waals surface area contributed by atoms with Crippen LogP contribution in [0.2, 0.25) is 0 Å². The molecule has 0 saturated carbocycles. The summed E-state index contributed by atoms with van der Waals surface area (Å²) in [5.41, 5.74) is 5.95. The molecule has 1 aliphatic rings. The van der Waals surface area contributed by atoms with E-state index in [4.69, 9.17) is 0 Å². The Labute approximate surface area is 243 Å². The van der Waals surface area contributed by atoms with Gasteiger partial charge in [0, 0.05) is 62.7 Å². The molecular weight excluding hydrogens is 531 g/mol. The van der Waals surface area contributed by atoms with Gasteiger partial charge in [-0.2, -0.15) is 0 Å². The summed E-state index contributed by atoms with van der Waals surface area (Å²) >= 11 is 0. The zero-order valence-corrected chi connectivity index (χ0v) is 24.3. The van der Waals surface area contributed by atoms with Crippen molar-refractivity contribution in [2.45, 2.75) is 33.2 Å². The van der Waals surface area contributed by atoms with Crippen LogP contribution in [0.3, 0.4) is 0 Å². The number of hydrogen-bond acceptors (Lipinski definition) is 5. The summed E-state index contributed by atoms with van der Waals surface area (Å²) in [4.78, 5) is 27.1. The molecule has 208 valence electrons. The summed E-state index contributed by atoms with van der Waals surface area (Å²) in [5.74, 6) is -0.00203. The SMILES string of the molecule is CCCn1c(-c2ccccn2)cc(C(=O)NCCCN2CCN(c3cccc4cccnc34)CC2)c1C.Cl.Cl. The molecule has 7 nitrogen and oxygen atoms in total. The average Bonchev–Trinajstić information content (AvgIpc) is 3.27. The number of carbonyl (C=O) groups excluding carboxylic acids is 1. The predicted octanol–water partition coefficient (Wildman–Crippen LogP) is 5.60. The standard InChI is InChI=1S/C30H36N6O.2ClH/c1-3-16-36-23(2)25(22-28(36)26-11-4-5-13-31-26)30(37)33-15-8-17-34-18-20-35(21-19-34)27-12-6-9-24-10-7-14-32-29(24)27;;/h4-7,9-14,22H,3,8,15-21H2,1-2H3,(H,33,37);2*1H. The summed E-state index contributed by atoms with van der Waals surface area (Å²) in [6.07, 6.45) is 5.60. The van der Waals surface area contributed by atoms with Crippen LogP contribution in [0.15, 0.2) is 67.0 Å². The number of para-hydroxylation sites is 1. The van der Waals surface area contributed by atoms with Gasteiger partial charge in [0.2, 0.25) is 0 Å². The van der Waals surface area contributed by atoms with Gasteiger partial charge in [0.1, 0.15) is 0 Å². The van der Waals surface area contributed by atoms with Crippen LogP contribution in [0.4, 0.5) is 5.69 Å². The first-order valence-corrected chi connectivity index (χ1v) is 13.4. The maximum absolute atomic E-state index is 13.1. The van der Waals surface area contributed by atoms with E-state index < -0.39 is 0 Å². The summed E-state index contributed by atoms with van der Waals surface area (Å²) in [7, 11) is 0. The van der Waals surface area contributed by atoms with Gasteiger partial charge < -0.3 is 14.8 Å². The maximum atomic E-state index is 13.1. The molecule has 3 aromatic heterocycles. The van der Waals surface area contributed by atoms with Crippen LogP contribution in [0.5, 0.6) is 0 Å². The maximum Gasteiger partial charge on any atom is 0.253 e. The van der Waals surface area contributed by atoms with Crippen LogP contribution in [-0.4, -0.2) is 64.6 Å². The Balaban J connectivity index is 0.00000210. The van der Waals surface area contributed by atoms with Gasteiger partial charge in [-0.25, -0.2) is 0 Å². The van der Waals surface area contributed by atoms with E-state index in [0.717, 1.165) is 80.3 Å². The number of hydrogen-bond donors (Lipinski definition) is 1. The van der Waals surface area contributed by atoms with E-state index in [0.29, 0.717) is 6.54 Å². The molecule has 1 amide bonds. The molecule has 39 heavy (non-hydrogen) atoms. The van der Waals surface area contributed by atoms with E-state index in [2.05, 4.69) is 60.8 Å². The molecule has 1 saturated heterocycles. The number of fused-ring (bicyclic) bond motifs is 1. The van der Waals surface area contributed by atoms with Crippen molar-refractivity contribution in [2.24, 2.45) is 0 Å². The highest BCUT2D eigenvalue weighted by atomic mass is 35.5. The lowest BCUT2D eigenvalue weighted by molar-refractivity contribution is 0.0950. The molecule has 4 aromatic rings. The molecule has 0 unspecified atom stereocenters. The topological polar surface area (TPSA) is 66.3 Å². The smallest absolute Gasteiger partial charge is 0.253 e. The lowest BCUT2D eigenvalue weighted by Crippen LogP contribution is -2.47. The van der Waals surface area contributed by atoms with Crippen molar-refractivity contribution >= 4 is 47.3 Å². The van der Waals surface area contributed by atoms with Crippen molar-refractivity contribution in [2.75, 3.05) is 44.2 Å². The Morgan fingerprint density at radius 1 is 0.923 bits per heavy atom. The van der Waals surface area contributed by atoms with Crippen LogP contribution in [0, 0.1) is 6.92 Å². The fourth-order valence-corrected chi connectivity index (χ4v) is 5.27. The van der Waals surface area contributed by atoms with Gasteiger partial charge in [0.25, 0.3) is 5.91 Å². The van der Waals surface area contributed by atoms with Crippen LogP contribution in [0.25, 0.3) is 22.3 Å². The molecule has 0 atom stereocenters. The zero-order chi connectivity index (χ0) is 25.6. The molecule has 1 fully saturated rings. The molecule has 0 spiro atoms.